The Kier molecular flexibility index (Phi) is 6.61. The average Bonchev–Trinajstić information content (AvgIpc) is 3.20. The number of hydrogen-bond donors (Lipinski definition) is 0. The minimum atomic E-state index is -3.75. The number of sulfonamides is 1. The van der Waals surface area contributed by atoms with Crippen LogP contribution in [0.5, 0.6) is 11.5 Å². The Bertz CT molecular complexity index is 988. The van der Waals surface area contributed by atoms with E-state index < -0.39 is 10.0 Å². The topological polar surface area (TPSA) is 69.0 Å². The SMILES string of the molecule is COc1ccc(S(=O)(=O)N(CCOc2cccc(Cl)c2)Cc2ccco2)cc1. The fourth-order valence-corrected chi connectivity index (χ4v) is 4.15. The van der Waals surface area contributed by atoms with E-state index in [0.29, 0.717) is 22.3 Å². The normalized spacial score (nSPS) is 11.5. The van der Waals surface area contributed by atoms with Gasteiger partial charge in [0.25, 0.3) is 0 Å². The van der Waals surface area contributed by atoms with E-state index in [1.54, 1.807) is 48.5 Å². The Morgan fingerprint density at radius 1 is 1.04 bits per heavy atom. The van der Waals surface area contributed by atoms with Crippen LogP contribution in [-0.4, -0.2) is 33.0 Å². The summed E-state index contributed by atoms with van der Waals surface area (Å²) in [6, 6.07) is 16.7. The average molecular weight is 422 g/mol. The van der Waals surface area contributed by atoms with Gasteiger partial charge in [-0.05, 0) is 54.6 Å². The van der Waals surface area contributed by atoms with E-state index in [1.807, 2.05) is 0 Å². The summed E-state index contributed by atoms with van der Waals surface area (Å²) in [5.74, 6) is 1.70. The van der Waals surface area contributed by atoms with Gasteiger partial charge in [-0.15, -0.1) is 0 Å². The number of nitrogens with zero attached hydrogens (tertiary/aromatic N) is 1. The molecule has 8 heteroatoms. The van der Waals surface area contributed by atoms with Crippen molar-refractivity contribution in [3.05, 3.63) is 77.7 Å². The molecular weight excluding hydrogens is 402 g/mol. The molecule has 28 heavy (non-hydrogen) atoms. The van der Waals surface area contributed by atoms with Crippen LogP contribution in [-0.2, 0) is 16.6 Å². The smallest absolute Gasteiger partial charge is 0.243 e. The van der Waals surface area contributed by atoms with Crippen molar-refractivity contribution >= 4 is 21.6 Å². The molecule has 6 nitrogen and oxygen atoms in total. The molecule has 0 saturated carbocycles. The van der Waals surface area contributed by atoms with Crippen molar-refractivity contribution in [2.45, 2.75) is 11.4 Å². The highest BCUT2D eigenvalue weighted by atomic mass is 35.5. The number of rotatable bonds is 9. The summed E-state index contributed by atoms with van der Waals surface area (Å²) in [4.78, 5) is 0.169. The molecule has 0 aliphatic heterocycles. The zero-order valence-corrected chi connectivity index (χ0v) is 16.8. The first kappa shape index (κ1) is 20.3. The second-order valence-electron chi connectivity index (χ2n) is 5.90. The van der Waals surface area contributed by atoms with Gasteiger partial charge in [-0.2, -0.15) is 4.31 Å². The lowest BCUT2D eigenvalue weighted by Crippen LogP contribution is -2.34. The van der Waals surface area contributed by atoms with E-state index in [9.17, 15) is 8.42 Å². The summed E-state index contributed by atoms with van der Waals surface area (Å²) in [7, 11) is -2.23. The molecule has 0 atom stereocenters. The van der Waals surface area contributed by atoms with Gasteiger partial charge in [-0.25, -0.2) is 8.42 Å². The highest BCUT2D eigenvalue weighted by Crippen LogP contribution is 2.22. The predicted molar refractivity (Wildman–Crippen MR) is 106 cm³/mol. The molecule has 0 aliphatic rings. The van der Waals surface area contributed by atoms with Crippen LogP contribution in [0, 0.1) is 0 Å². The van der Waals surface area contributed by atoms with E-state index in [0.717, 1.165) is 0 Å². The summed E-state index contributed by atoms with van der Waals surface area (Å²) in [5, 5.41) is 0.552. The zero-order valence-electron chi connectivity index (χ0n) is 15.2. The van der Waals surface area contributed by atoms with Gasteiger partial charge in [-0.1, -0.05) is 17.7 Å². The minimum absolute atomic E-state index is 0.0975. The Morgan fingerprint density at radius 2 is 1.82 bits per heavy atom. The summed E-state index contributed by atoms with van der Waals surface area (Å²) >= 11 is 5.95. The number of furan rings is 1. The summed E-state index contributed by atoms with van der Waals surface area (Å²) in [5.41, 5.74) is 0. The van der Waals surface area contributed by atoms with Gasteiger partial charge in [0.15, 0.2) is 0 Å². The van der Waals surface area contributed by atoms with Gasteiger partial charge in [0.1, 0.15) is 23.9 Å². The van der Waals surface area contributed by atoms with Gasteiger partial charge in [-0.3, -0.25) is 0 Å². The van der Waals surface area contributed by atoms with Crippen molar-refractivity contribution < 1.29 is 22.3 Å². The molecule has 148 valence electrons. The largest absolute Gasteiger partial charge is 0.497 e. The third-order valence-electron chi connectivity index (χ3n) is 4.02. The molecule has 0 radical (unpaired) electrons. The highest BCUT2D eigenvalue weighted by molar-refractivity contribution is 7.89. The van der Waals surface area contributed by atoms with Gasteiger partial charge in [0.05, 0.1) is 24.8 Å². The Balaban J connectivity index is 1.77. The van der Waals surface area contributed by atoms with Crippen molar-refractivity contribution in [2.75, 3.05) is 20.3 Å². The predicted octanol–water partition coefficient (Wildman–Crippen LogP) is 4.21. The fourth-order valence-electron chi connectivity index (χ4n) is 2.58. The van der Waals surface area contributed by atoms with Crippen LogP contribution in [0.2, 0.25) is 5.02 Å². The quantitative estimate of drug-likeness (QED) is 0.517. The highest BCUT2D eigenvalue weighted by Gasteiger charge is 2.25. The van der Waals surface area contributed by atoms with Crippen molar-refractivity contribution in [1.82, 2.24) is 4.31 Å². The van der Waals surface area contributed by atoms with Gasteiger partial charge in [0.2, 0.25) is 10.0 Å². The lowest BCUT2D eigenvalue weighted by atomic mass is 10.3. The lowest BCUT2D eigenvalue weighted by molar-refractivity contribution is 0.261. The molecule has 0 N–H and O–H groups in total. The molecule has 0 saturated heterocycles. The maximum atomic E-state index is 13.1. The van der Waals surface area contributed by atoms with Crippen LogP contribution in [0.4, 0.5) is 0 Å². The Labute approximate surface area is 169 Å². The third-order valence-corrected chi connectivity index (χ3v) is 6.11. The first-order valence-electron chi connectivity index (χ1n) is 8.54. The van der Waals surface area contributed by atoms with Crippen LogP contribution in [0.15, 0.2) is 76.2 Å². The number of ether oxygens (including phenoxy) is 2. The maximum Gasteiger partial charge on any atom is 0.243 e. The minimum Gasteiger partial charge on any atom is -0.497 e. The fraction of sp³-hybridized carbons (Fsp3) is 0.200. The molecule has 2 aromatic carbocycles. The molecule has 0 amide bonds. The van der Waals surface area contributed by atoms with E-state index in [1.165, 1.54) is 29.8 Å². The van der Waals surface area contributed by atoms with Crippen LogP contribution in [0.25, 0.3) is 0 Å². The van der Waals surface area contributed by atoms with Crippen molar-refractivity contribution in [1.29, 1.82) is 0 Å². The van der Waals surface area contributed by atoms with Crippen molar-refractivity contribution in [2.24, 2.45) is 0 Å². The zero-order chi connectivity index (χ0) is 20.0. The second kappa shape index (κ2) is 9.14. The second-order valence-corrected chi connectivity index (χ2v) is 8.27. The van der Waals surface area contributed by atoms with Gasteiger partial charge < -0.3 is 13.9 Å². The van der Waals surface area contributed by atoms with Crippen molar-refractivity contribution in [3.8, 4) is 11.5 Å². The summed E-state index contributed by atoms with van der Waals surface area (Å²) in [6.07, 6.45) is 1.51. The molecule has 0 fully saturated rings. The monoisotopic (exact) mass is 421 g/mol. The van der Waals surface area contributed by atoms with Crippen molar-refractivity contribution in [3.63, 3.8) is 0 Å². The van der Waals surface area contributed by atoms with Crippen LogP contribution < -0.4 is 9.47 Å². The molecule has 0 spiro atoms. The molecule has 0 bridgehead atoms. The van der Waals surface area contributed by atoms with Gasteiger partial charge in [0, 0.05) is 11.6 Å². The number of benzene rings is 2. The summed E-state index contributed by atoms with van der Waals surface area (Å²) in [6.45, 7) is 0.401. The van der Waals surface area contributed by atoms with E-state index in [-0.39, 0.29) is 24.6 Å². The molecule has 3 rings (SSSR count). The first-order valence-corrected chi connectivity index (χ1v) is 10.4. The first-order chi connectivity index (χ1) is 13.5. The van der Waals surface area contributed by atoms with E-state index in [2.05, 4.69) is 0 Å². The standard InChI is InChI=1S/C20H20ClNO5S/c1-25-17-7-9-20(10-8-17)28(23,24)22(15-19-6-3-12-26-19)11-13-27-18-5-2-4-16(21)14-18/h2-10,12,14H,11,13,15H2,1H3. The Morgan fingerprint density at radius 3 is 2.46 bits per heavy atom. The number of halogens is 1. The van der Waals surface area contributed by atoms with Crippen LogP contribution >= 0.6 is 11.6 Å². The molecule has 1 aromatic heterocycles. The van der Waals surface area contributed by atoms with Gasteiger partial charge >= 0.3 is 0 Å². The van der Waals surface area contributed by atoms with Crippen LogP contribution in [0.3, 0.4) is 0 Å². The number of hydrogen-bond acceptors (Lipinski definition) is 5. The Hall–Kier alpha value is -2.48. The molecule has 0 aliphatic carbocycles. The van der Waals surface area contributed by atoms with E-state index >= 15 is 0 Å². The third kappa shape index (κ3) is 5.07. The number of methoxy groups -OCH3 is 1. The van der Waals surface area contributed by atoms with E-state index in [4.69, 9.17) is 25.5 Å². The maximum absolute atomic E-state index is 13.1. The van der Waals surface area contributed by atoms with Crippen LogP contribution in [0.1, 0.15) is 5.76 Å². The molecule has 3 aromatic rings. The molecule has 1 heterocycles. The molecular formula is C20H20ClNO5S. The molecule has 0 unspecified atom stereocenters. The lowest BCUT2D eigenvalue weighted by Gasteiger charge is -2.21. The summed E-state index contributed by atoms with van der Waals surface area (Å²) < 4.78 is 43.6.